The summed E-state index contributed by atoms with van der Waals surface area (Å²) in [6.07, 6.45) is 17.4. The van der Waals surface area contributed by atoms with E-state index >= 15 is 0 Å². The van der Waals surface area contributed by atoms with Crippen molar-refractivity contribution in [3.8, 4) is 0 Å². The molecule has 0 aliphatic heterocycles. The van der Waals surface area contributed by atoms with Crippen LogP contribution in [0, 0.1) is 6.08 Å². The summed E-state index contributed by atoms with van der Waals surface area (Å²) in [5.74, 6) is 0. The predicted octanol–water partition coefficient (Wildman–Crippen LogP) is 3.29. The van der Waals surface area contributed by atoms with Crippen molar-refractivity contribution < 1.29 is 48.7 Å². The minimum absolute atomic E-state index is 0. The second kappa shape index (κ2) is 14.2. The first-order valence-corrected chi connectivity index (χ1v) is 14.3. The van der Waals surface area contributed by atoms with E-state index in [1.807, 2.05) is 15.4 Å². The van der Waals surface area contributed by atoms with Gasteiger partial charge in [0, 0.05) is 0 Å². The van der Waals surface area contributed by atoms with Crippen LogP contribution in [0.25, 0.3) is 21.5 Å². The number of hydrogen-bond donors (Lipinski definition) is 0. The Morgan fingerprint density at radius 2 is 1.23 bits per heavy atom. The molecule has 0 N–H and O–H groups in total. The van der Waals surface area contributed by atoms with Crippen molar-refractivity contribution in [1.82, 2.24) is 0 Å². The van der Waals surface area contributed by atoms with Crippen LogP contribution in [0.15, 0.2) is 60.7 Å². The van der Waals surface area contributed by atoms with Gasteiger partial charge in [-0.1, -0.05) is 76.9 Å². The van der Waals surface area contributed by atoms with Crippen molar-refractivity contribution >= 4 is 24.8 Å². The Hall–Kier alpha value is -0.890. The first-order chi connectivity index (χ1) is 15.6. The predicted molar refractivity (Wildman–Crippen MR) is 144 cm³/mol. The molecule has 2 aliphatic carbocycles. The van der Waals surface area contributed by atoms with E-state index in [2.05, 4.69) is 96.2 Å². The van der Waals surface area contributed by atoms with Crippen LogP contribution < -0.4 is 24.8 Å². The van der Waals surface area contributed by atoms with Gasteiger partial charge >= 0.3 is 59.3 Å². The molecule has 188 valence electrons. The van der Waals surface area contributed by atoms with Crippen LogP contribution in [0.4, 0.5) is 0 Å². The number of benzene rings is 2. The molecule has 0 unspecified atom stereocenters. The van der Waals surface area contributed by atoms with E-state index in [-0.39, 0.29) is 35.6 Å². The Balaban J connectivity index is 0.000000360. The molecule has 0 bridgehead atoms. The summed E-state index contributed by atoms with van der Waals surface area (Å²) in [6, 6.07) is 16.1. The van der Waals surface area contributed by atoms with Crippen LogP contribution in [0.1, 0.15) is 91.2 Å². The molecule has 0 heterocycles. The van der Waals surface area contributed by atoms with Crippen molar-refractivity contribution in [2.45, 2.75) is 90.9 Å². The number of halogens is 2. The molecular formula is C32H40Cl2Hf-2. The molecule has 2 aliphatic rings. The van der Waals surface area contributed by atoms with E-state index in [4.69, 9.17) is 0 Å². The first-order valence-electron chi connectivity index (χ1n) is 12.5. The van der Waals surface area contributed by atoms with Crippen molar-refractivity contribution in [1.29, 1.82) is 0 Å². The number of fused-ring (bicyclic) bond motifs is 3. The molecule has 0 spiro atoms. The average molecular weight is 674 g/mol. The van der Waals surface area contributed by atoms with Crippen molar-refractivity contribution in [3.05, 3.63) is 77.9 Å². The molecule has 3 heteroatoms. The van der Waals surface area contributed by atoms with Crippen LogP contribution in [0.2, 0.25) is 0 Å². The normalized spacial score (nSPS) is 15.0. The monoisotopic (exact) mass is 674 g/mol. The summed E-state index contributed by atoms with van der Waals surface area (Å²) < 4.78 is 1.85. The van der Waals surface area contributed by atoms with Gasteiger partial charge in [-0.15, -0.1) is 46.2 Å². The van der Waals surface area contributed by atoms with Gasteiger partial charge in [0.2, 0.25) is 0 Å². The van der Waals surface area contributed by atoms with E-state index in [1.54, 1.807) is 0 Å². The summed E-state index contributed by atoms with van der Waals surface area (Å²) in [5.41, 5.74) is 3.20. The molecule has 3 aromatic rings. The van der Waals surface area contributed by atoms with Gasteiger partial charge in [-0.2, -0.15) is 6.08 Å². The first kappa shape index (κ1) is 32.1. The van der Waals surface area contributed by atoms with Gasteiger partial charge in [0.05, 0.1) is 0 Å². The Morgan fingerprint density at radius 1 is 0.743 bits per heavy atom. The molecule has 0 amide bonds. The third-order valence-electron chi connectivity index (χ3n) is 6.48. The van der Waals surface area contributed by atoms with E-state index in [0.717, 1.165) is 6.42 Å². The molecule has 0 atom stereocenters. The zero-order chi connectivity index (χ0) is 24.1. The van der Waals surface area contributed by atoms with Crippen LogP contribution in [-0.2, 0) is 34.7 Å². The molecule has 0 saturated heterocycles. The van der Waals surface area contributed by atoms with Crippen LogP contribution in [0.5, 0.6) is 0 Å². The zero-order valence-electron chi connectivity index (χ0n) is 22.3. The topological polar surface area (TPSA) is 0 Å². The average Bonchev–Trinajstić information content (AvgIpc) is 3.44. The fourth-order valence-corrected chi connectivity index (χ4v) is 5.52. The summed E-state index contributed by atoms with van der Waals surface area (Å²) in [5, 5.41) is 5.49. The van der Waals surface area contributed by atoms with Gasteiger partial charge in [0.1, 0.15) is 0 Å². The Morgan fingerprint density at radius 3 is 1.51 bits per heavy atom. The minimum atomic E-state index is 0. The third kappa shape index (κ3) is 9.49. The van der Waals surface area contributed by atoms with Gasteiger partial charge in [-0.3, -0.25) is 6.08 Å². The van der Waals surface area contributed by atoms with E-state index in [0.29, 0.717) is 0 Å². The number of allylic oxidation sites excluding steroid dienone is 4. The quantitative estimate of drug-likeness (QED) is 0.254. The van der Waals surface area contributed by atoms with Gasteiger partial charge in [0.15, 0.2) is 0 Å². The van der Waals surface area contributed by atoms with Gasteiger partial charge in [-0.25, -0.2) is 12.2 Å². The molecule has 0 nitrogen and oxygen atoms in total. The Labute approximate surface area is 240 Å². The van der Waals surface area contributed by atoms with Crippen molar-refractivity contribution in [2.24, 2.45) is 0 Å². The standard InChI is InChI=1S/C21H25.C6H10.C5H5.2ClH.Hf/c1-20(2,3)16-9-7-14-11-15-8-10-17(21(4,5)6)13-19(15)18(14)12-16;1-2-4-6-5-3-1;1-2-4-5-3-1;;;/h7-13H,1-6H3;1-5H2;1-3H,4H2;2*1H;/q-1;;-1;;;+2/p-2. The fourth-order valence-electron chi connectivity index (χ4n) is 4.25. The third-order valence-corrected chi connectivity index (χ3v) is 8.28. The van der Waals surface area contributed by atoms with Gasteiger partial charge in [-0.05, 0) is 10.8 Å². The Kier molecular flexibility index (Phi) is 13.0. The Bertz CT molecular complexity index is 1060. The summed E-state index contributed by atoms with van der Waals surface area (Å²) >= 11 is 1.37. The molecular weight excluding hydrogens is 634 g/mol. The summed E-state index contributed by atoms with van der Waals surface area (Å²) in [6.45, 7) is 13.7. The van der Waals surface area contributed by atoms with Crippen LogP contribution in [-0.4, -0.2) is 3.26 Å². The van der Waals surface area contributed by atoms with E-state index < -0.39 is 0 Å². The second-order valence-corrected chi connectivity index (χ2v) is 14.0. The molecule has 0 radical (unpaired) electrons. The summed E-state index contributed by atoms with van der Waals surface area (Å²) in [7, 11) is 0. The van der Waals surface area contributed by atoms with Crippen molar-refractivity contribution in [3.63, 3.8) is 0 Å². The maximum atomic E-state index is 2.99. The second-order valence-electron chi connectivity index (χ2n) is 11.4. The van der Waals surface area contributed by atoms with Gasteiger partial charge in [0.25, 0.3) is 0 Å². The molecule has 3 aromatic carbocycles. The van der Waals surface area contributed by atoms with E-state index in [9.17, 15) is 0 Å². The van der Waals surface area contributed by atoms with Crippen molar-refractivity contribution in [2.75, 3.05) is 0 Å². The van der Waals surface area contributed by atoms with E-state index in [1.165, 1.54) is 88.7 Å². The van der Waals surface area contributed by atoms with Crippen LogP contribution >= 0.6 is 0 Å². The van der Waals surface area contributed by atoms with Crippen LogP contribution in [0.3, 0.4) is 0 Å². The summed E-state index contributed by atoms with van der Waals surface area (Å²) in [4.78, 5) is 0. The molecule has 0 aromatic heterocycles. The van der Waals surface area contributed by atoms with Gasteiger partial charge < -0.3 is 24.8 Å². The molecule has 35 heavy (non-hydrogen) atoms. The maximum absolute atomic E-state index is 2.99. The fraction of sp³-hybridized carbons (Fsp3) is 0.438. The number of rotatable bonds is 0. The number of hydrogen-bond acceptors (Lipinski definition) is 0. The SMILES string of the molecule is CC(C)(C)c1ccc2[cH-]c3ccc(C(C)(C)C)cc3c2c1.[C-]1=CC=CC1.[Cl-].[Cl-].[Hf+2]=[C]1CCCCC1. The zero-order valence-corrected chi connectivity index (χ0v) is 27.4. The molecule has 1 saturated carbocycles. The molecule has 5 rings (SSSR count). The molecule has 1 fully saturated rings.